The van der Waals surface area contributed by atoms with E-state index in [9.17, 15) is 4.79 Å². The van der Waals surface area contributed by atoms with Crippen LogP contribution in [0.4, 0.5) is 0 Å². The zero-order valence-electron chi connectivity index (χ0n) is 9.46. The first kappa shape index (κ1) is 11.2. The quantitative estimate of drug-likeness (QED) is 0.636. The number of rotatable bonds is 3. The number of esters is 1. The molecule has 88 valence electrons. The summed E-state index contributed by atoms with van der Waals surface area (Å²) in [6, 6.07) is 5.65. The fraction of sp³-hybridized carbons (Fsp3) is 0.167. The van der Waals surface area contributed by atoms with Gasteiger partial charge in [-0.2, -0.15) is 0 Å². The van der Waals surface area contributed by atoms with Crippen molar-refractivity contribution in [2.24, 2.45) is 5.73 Å². The van der Waals surface area contributed by atoms with Crippen LogP contribution in [0.5, 0.6) is 0 Å². The molecule has 0 aliphatic rings. The Morgan fingerprint density at radius 1 is 1.59 bits per heavy atom. The smallest absolute Gasteiger partial charge is 0.354 e. The average molecular weight is 231 g/mol. The third kappa shape index (κ3) is 2.28. The second kappa shape index (κ2) is 4.69. The summed E-state index contributed by atoms with van der Waals surface area (Å²) < 4.78 is 6.64. The first-order valence-electron chi connectivity index (χ1n) is 5.28. The number of carbonyl (C=O) groups is 1. The van der Waals surface area contributed by atoms with Crippen LogP contribution in [0, 0.1) is 0 Å². The topological polar surface area (TPSA) is 69.6 Å². The fourth-order valence-corrected chi connectivity index (χ4v) is 1.49. The maximum Gasteiger partial charge on any atom is 0.354 e. The molecule has 0 saturated carbocycles. The summed E-state index contributed by atoms with van der Waals surface area (Å²) in [5, 5.41) is 0. The third-order valence-electron chi connectivity index (χ3n) is 2.26. The average Bonchev–Trinajstić information content (AvgIpc) is 2.73. The standard InChI is InChI=1S/C12H13N3O2/c1-2-17-12(16)10(13)7-9-8-14-11-5-3-4-6-15(9)11/h3-8H,2,13H2,1H3/b10-7-. The van der Waals surface area contributed by atoms with Gasteiger partial charge in [-0.1, -0.05) is 6.07 Å². The summed E-state index contributed by atoms with van der Waals surface area (Å²) in [5.74, 6) is -0.515. The molecule has 5 nitrogen and oxygen atoms in total. The summed E-state index contributed by atoms with van der Waals surface area (Å²) in [6.45, 7) is 2.04. The van der Waals surface area contributed by atoms with E-state index in [2.05, 4.69) is 4.98 Å². The van der Waals surface area contributed by atoms with E-state index < -0.39 is 5.97 Å². The Morgan fingerprint density at radius 3 is 3.18 bits per heavy atom. The molecule has 0 saturated heterocycles. The maximum atomic E-state index is 11.4. The number of hydrogen-bond donors (Lipinski definition) is 1. The van der Waals surface area contributed by atoms with Crippen molar-refractivity contribution in [3.63, 3.8) is 0 Å². The monoisotopic (exact) mass is 231 g/mol. The lowest BCUT2D eigenvalue weighted by Crippen LogP contribution is -2.14. The van der Waals surface area contributed by atoms with E-state index in [0.717, 1.165) is 11.3 Å². The van der Waals surface area contributed by atoms with Crippen LogP contribution in [0.25, 0.3) is 11.7 Å². The van der Waals surface area contributed by atoms with Crippen LogP contribution in [-0.4, -0.2) is 22.0 Å². The van der Waals surface area contributed by atoms with Gasteiger partial charge >= 0.3 is 5.97 Å². The van der Waals surface area contributed by atoms with Gasteiger partial charge in [0.2, 0.25) is 0 Å². The molecule has 0 bridgehead atoms. The van der Waals surface area contributed by atoms with Gasteiger partial charge in [-0.25, -0.2) is 9.78 Å². The van der Waals surface area contributed by atoms with Crippen LogP contribution in [0.1, 0.15) is 12.6 Å². The van der Waals surface area contributed by atoms with Gasteiger partial charge < -0.3 is 14.9 Å². The van der Waals surface area contributed by atoms with Crippen LogP contribution < -0.4 is 5.73 Å². The number of pyridine rings is 1. The second-order valence-corrected chi connectivity index (χ2v) is 3.43. The van der Waals surface area contributed by atoms with E-state index in [0.29, 0.717) is 6.61 Å². The number of aromatic nitrogens is 2. The highest BCUT2D eigenvalue weighted by Crippen LogP contribution is 2.09. The molecule has 2 aromatic heterocycles. The minimum atomic E-state index is -0.515. The van der Waals surface area contributed by atoms with Gasteiger partial charge in [0.05, 0.1) is 18.5 Å². The van der Waals surface area contributed by atoms with Crippen molar-refractivity contribution in [2.75, 3.05) is 6.61 Å². The van der Waals surface area contributed by atoms with Crippen molar-refractivity contribution in [3.05, 3.63) is 42.0 Å². The van der Waals surface area contributed by atoms with Crippen LogP contribution in [0.3, 0.4) is 0 Å². The van der Waals surface area contributed by atoms with Gasteiger partial charge in [0.15, 0.2) is 0 Å². The molecule has 0 unspecified atom stereocenters. The number of nitrogens with two attached hydrogens (primary N) is 1. The molecule has 2 N–H and O–H groups in total. The molecule has 5 heteroatoms. The van der Waals surface area contributed by atoms with E-state index >= 15 is 0 Å². The number of carbonyl (C=O) groups excluding carboxylic acids is 1. The Kier molecular flexibility index (Phi) is 3.09. The van der Waals surface area contributed by atoms with Gasteiger partial charge in [-0.15, -0.1) is 0 Å². The summed E-state index contributed by atoms with van der Waals surface area (Å²) in [7, 11) is 0. The molecule has 0 atom stereocenters. The van der Waals surface area contributed by atoms with E-state index in [1.54, 1.807) is 19.2 Å². The normalized spacial score (nSPS) is 11.7. The molecule has 0 amide bonds. The van der Waals surface area contributed by atoms with Gasteiger partial charge in [0, 0.05) is 6.20 Å². The van der Waals surface area contributed by atoms with E-state index in [1.807, 2.05) is 28.8 Å². The van der Waals surface area contributed by atoms with E-state index in [-0.39, 0.29) is 5.70 Å². The van der Waals surface area contributed by atoms with Crippen LogP contribution in [0.15, 0.2) is 36.3 Å². The zero-order chi connectivity index (χ0) is 12.3. The SMILES string of the molecule is CCOC(=O)/C(N)=C/c1cnc2ccccn12. The Hall–Kier alpha value is -2.30. The Morgan fingerprint density at radius 2 is 2.41 bits per heavy atom. The highest BCUT2D eigenvalue weighted by atomic mass is 16.5. The largest absolute Gasteiger partial charge is 0.461 e. The lowest BCUT2D eigenvalue weighted by Gasteiger charge is -2.01. The van der Waals surface area contributed by atoms with Gasteiger partial charge in [0.1, 0.15) is 11.3 Å². The first-order chi connectivity index (χ1) is 8.22. The predicted molar refractivity (Wildman–Crippen MR) is 64.0 cm³/mol. The molecule has 2 rings (SSSR count). The van der Waals surface area contributed by atoms with Crippen molar-refractivity contribution in [1.29, 1.82) is 0 Å². The van der Waals surface area contributed by atoms with Crippen LogP contribution in [-0.2, 0) is 9.53 Å². The minimum Gasteiger partial charge on any atom is -0.461 e. The Balaban J connectivity index is 2.35. The number of imidazole rings is 1. The maximum absolute atomic E-state index is 11.4. The molecular formula is C12H13N3O2. The van der Waals surface area contributed by atoms with Crippen molar-refractivity contribution in [1.82, 2.24) is 9.38 Å². The van der Waals surface area contributed by atoms with Crippen molar-refractivity contribution in [2.45, 2.75) is 6.92 Å². The van der Waals surface area contributed by atoms with Gasteiger partial charge in [-0.05, 0) is 25.1 Å². The molecule has 0 aromatic carbocycles. The first-order valence-corrected chi connectivity index (χ1v) is 5.28. The molecule has 2 aromatic rings. The summed E-state index contributed by atoms with van der Waals surface area (Å²) >= 11 is 0. The molecule has 17 heavy (non-hydrogen) atoms. The van der Waals surface area contributed by atoms with Crippen LogP contribution >= 0.6 is 0 Å². The molecule has 0 radical (unpaired) electrons. The zero-order valence-corrected chi connectivity index (χ0v) is 9.46. The number of fused-ring (bicyclic) bond motifs is 1. The lowest BCUT2D eigenvalue weighted by molar-refractivity contribution is -0.138. The van der Waals surface area contributed by atoms with Crippen molar-refractivity contribution in [3.8, 4) is 0 Å². The third-order valence-corrected chi connectivity index (χ3v) is 2.26. The summed E-state index contributed by atoms with van der Waals surface area (Å²) in [6.07, 6.45) is 5.06. The summed E-state index contributed by atoms with van der Waals surface area (Å²) in [4.78, 5) is 15.5. The molecule has 2 heterocycles. The number of hydrogen-bond acceptors (Lipinski definition) is 4. The Labute approximate surface area is 98.5 Å². The van der Waals surface area contributed by atoms with E-state index in [4.69, 9.17) is 10.5 Å². The van der Waals surface area contributed by atoms with Gasteiger partial charge in [0.25, 0.3) is 0 Å². The lowest BCUT2D eigenvalue weighted by atomic mass is 10.3. The minimum absolute atomic E-state index is 0.0671. The van der Waals surface area contributed by atoms with Crippen LogP contribution in [0.2, 0.25) is 0 Å². The van der Waals surface area contributed by atoms with Crippen molar-refractivity contribution >= 4 is 17.7 Å². The van der Waals surface area contributed by atoms with Gasteiger partial charge in [-0.3, -0.25) is 0 Å². The predicted octanol–water partition coefficient (Wildman–Crippen LogP) is 1.20. The molecule has 0 fully saturated rings. The molecule has 0 spiro atoms. The van der Waals surface area contributed by atoms with Crippen molar-refractivity contribution < 1.29 is 9.53 Å². The highest BCUT2D eigenvalue weighted by molar-refractivity contribution is 5.92. The van der Waals surface area contributed by atoms with E-state index in [1.165, 1.54) is 0 Å². The molecule has 0 aliphatic carbocycles. The highest BCUT2D eigenvalue weighted by Gasteiger charge is 2.07. The number of ether oxygens (including phenoxy) is 1. The summed E-state index contributed by atoms with van der Waals surface area (Å²) in [5.41, 5.74) is 7.24. The molecule has 0 aliphatic heterocycles. The fourth-order valence-electron chi connectivity index (χ4n) is 1.49. The number of nitrogens with zero attached hydrogens (tertiary/aromatic N) is 2. The second-order valence-electron chi connectivity index (χ2n) is 3.43. The Bertz CT molecular complexity index is 572. The molecular weight excluding hydrogens is 218 g/mol.